The molecule has 0 amide bonds. The van der Waals surface area contributed by atoms with Crippen LogP contribution in [0.2, 0.25) is 0 Å². The van der Waals surface area contributed by atoms with Gasteiger partial charge in [-0.15, -0.1) is 0 Å². The zero-order chi connectivity index (χ0) is 18.3. The van der Waals surface area contributed by atoms with Gasteiger partial charge in [-0.05, 0) is 32.9 Å². The number of hydrogen-bond donors (Lipinski definition) is 2. The van der Waals surface area contributed by atoms with Crippen LogP contribution in [0.25, 0.3) is 10.8 Å². The van der Waals surface area contributed by atoms with Gasteiger partial charge in [-0.1, -0.05) is 24.3 Å². The zero-order valence-electron chi connectivity index (χ0n) is 15.3. The van der Waals surface area contributed by atoms with Crippen LogP contribution in [0.5, 0.6) is 5.75 Å². The van der Waals surface area contributed by atoms with Gasteiger partial charge >= 0.3 is 0 Å². The summed E-state index contributed by atoms with van der Waals surface area (Å²) in [5.41, 5.74) is 0. The van der Waals surface area contributed by atoms with E-state index in [4.69, 9.17) is 4.74 Å². The lowest BCUT2D eigenvalue weighted by atomic mass is 10.1. The lowest BCUT2D eigenvalue weighted by Gasteiger charge is -2.16. The van der Waals surface area contributed by atoms with Gasteiger partial charge in [0.1, 0.15) is 5.75 Å². The smallest absolute Gasteiger partial charge is 0.241 e. The largest absolute Gasteiger partial charge is 0.493 e. The van der Waals surface area contributed by atoms with E-state index in [9.17, 15) is 8.42 Å². The highest BCUT2D eigenvalue weighted by Gasteiger charge is 2.18. The summed E-state index contributed by atoms with van der Waals surface area (Å²) in [6, 6.07) is 10.8. The second-order valence-corrected chi connectivity index (χ2v) is 7.73. The molecule has 0 aliphatic heterocycles. The van der Waals surface area contributed by atoms with Gasteiger partial charge in [-0.2, -0.15) is 0 Å². The second-order valence-electron chi connectivity index (χ2n) is 6.00. The summed E-state index contributed by atoms with van der Waals surface area (Å²) in [4.78, 5) is 1.78. The van der Waals surface area contributed by atoms with Crippen molar-refractivity contribution in [3.05, 3.63) is 36.4 Å². The van der Waals surface area contributed by atoms with Crippen molar-refractivity contribution in [3.63, 3.8) is 0 Å². The van der Waals surface area contributed by atoms with Gasteiger partial charge < -0.3 is 9.64 Å². The Labute approximate surface area is 151 Å². The predicted molar refractivity (Wildman–Crippen MR) is 102 cm³/mol. The van der Waals surface area contributed by atoms with E-state index in [0.29, 0.717) is 29.2 Å². The molecule has 0 aromatic heterocycles. The van der Waals surface area contributed by atoms with Gasteiger partial charge in [0.2, 0.25) is 10.0 Å². The summed E-state index contributed by atoms with van der Waals surface area (Å²) in [5, 5.41) is 1.51. The summed E-state index contributed by atoms with van der Waals surface area (Å²) in [6.45, 7) is 10.3. The van der Waals surface area contributed by atoms with E-state index in [1.807, 2.05) is 31.2 Å². The van der Waals surface area contributed by atoms with Crippen molar-refractivity contribution < 1.29 is 18.1 Å². The molecule has 0 saturated heterocycles. The van der Waals surface area contributed by atoms with Crippen LogP contribution in [0.4, 0.5) is 0 Å². The Kier molecular flexibility index (Phi) is 7.23. The summed E-state index contributed by atoms with van der Waals surface area (Å²) in [5.74, 6) is 0.710. The molecule has 0 unspecified atom stereocenters. The number of quaternary nitrogens is 1. The molecule has 0 atom stereocenters. The molecule has 2 rings (SSSR count). The van der Waals surface area contributed by atoms with E-state index >= 15 is 0 Å². The van der Waals surface area contributed by atoms with E-state index in [2.05, 4.69) is 18.6 Å². The Morgan fingerprint density at radius 1 is 1.00 bits per heavy atom. The summed E-state index contributed by atoms with van der Waals surface area (Å²) in [6.07, 6.45) is 0.825. The number of ether oxygens (including phenoxy) is 1. The standard InChI is InChI=1S/C19H28N2O3S/c1-4-21(5-2)15-9-14-20-25(22,23)19-13-12-18(24-6-3)16-10-7-8-11-17(16)19/h7-8,10-13,20H,4-6,9,14-15H2,1-3H3/p+1. The highest BCUT2D eigenvalue weighted by Crippen LogP contribution is 2.30. The van der Waals surface area contributed by atoms with Crippen molar-refractivity contribution in [2.75, 3.05) is 32.8 Å². The van der Waals surface area contributed by atoms with Gasteiger partial charge in [-0.3, -0.25) is 0 Å². The topological polar surface area (TPSA) is 59.8 Å². The maximum Gasteiger partial charge on any atom is 0.241 e. The van der Waals surface area contributed by atoms with Gasteiger partial charge in [0, 0.05) is 23.7 Å². The molecule has 0 heterocycles. The number of fused-ring (bicyclic) bond motifs is 1. The number of hydrogen-bond acceptors (Lipinski definition) is 3. The monoisotopic (exact) mass is 365 g/mol. The van der Waals surface area contributed by atoms with E-state index in [-0.39, 0.29) is 0 Å². The van der Waals surface area contributed by atoms with Gasteiger partial charge in [0.05, 0.1) is 31.1 Å². The summed E-state index contributed by atoms with van der Waals surface area (Å²) in [7, 11) is -3.54. The fraction of sp³-hybridized carbons (Fsp3) is 0.474. The van der Waals surface area contributed by atoms with Crippen LogP contribution in [0, 0.1) is 0 Å². The number of sulfonamides is 1. The molecular formula is C19H29N2O3S+. The molecule has 0 saturated carbocycles. The normalized spacial score (nSPS) is 12.0. The summed E-state index contributed by atoms with van der Waals surface area (Å²) >= 11 is 0. The molecule has 2 N–H and O–H groups in total. The second kappa shape index (κ2) is 9.17. The Balaban J connectivity index is 2.18. The zero-order valence-corrected chi connectivity index (χ0v) is 16.2. The highest BCUT2D eigenvalue weighted by molar-refractivity contribution is 7.89. The fourth-order valence-corrected chi connectivity index (χ4v) is 4.27. The summed E-state index contributed by atoms with van der Waals surface area (Å²) < 4.78 is 33.8. The van der Waals surface area contributed by atoms with Crippen LogP contribution in [0.3, 0.4) is 0 Å². The third-order valence-electron chi connectivity index (χ3n) is 4.43. The Hall–Kier alpha value is -1.63. The maximum absolute atomic E-state index is 12.7. The Morgan fingerprint density at radius 2 is 1.68 bits per heavy atom. The van der Waals surface area contributed by atoms with Crippen molar-refractivity contribution in [2.45, 2.75) is 32.1 Å². The Morgan fingerprint density at radius 3 is 2.32 bits per heavy atom. The van der Waals surface area contributed by atoms with Crippen LogP contribution in [0.15, 0.2) is 41.3 Å². The van der Waals surface area contributed by atoms with Crippen molar-refractivity contribution in [3.8, 4) is 5.75 Å². The average Bonchev–Trinajstić information content (AvgIpc) is 2.62. The van der Waals surface area contributed by atoms with Crippen LogP contribution < -0.4 is 14.4 Å². The lowest BCUT2D eigenvalue weighted by Crippen LogP contribution is -3.11. The molecule has 0 radical (unpaired) electrons. The predicted octanol–water partition coefficient (Wildman–Crippen LogP) is 1.83. The number of rotatable bonds is 10. The SMILES string of the molecule is CCOc1ccc(S(=O)(=O)NCCC[NH+](CC)CC)c2ccccc12. The molecule has 0 aliphatic rings. The minimum Gasteiger partial charge on any atom is -0.493 e. The molecule has 25 heavy (non-hydrogen) atoms. The molecule has 0 aliphatic carbocycles. The first-order chi connectivity index (χ1) is 12.0. The maximum atomic E-state index is 12.7. The third kappa shape index (κ3) is 4.93. The van der Waals surface area contributed by atoms with Gasteiger partial charge in [0.25, 0.3) is 0 Å². The molecule has 0 fully saturated rings. The first-order valence-electron chi connectivity index (χ1n) is 9.01. The average molecular weight is 366 g/mol. The molecule has 6 heteroatoms. The molecule has 2 aromatic carbocycles. The van der Waals surface area contributed by atoms with Crippen molar-refractivity contribution in [1.29, 1.82) is 0 Å². The molecule has 0 spiro atoms. The quantitative estimate of drug-likeness (QED) is 0.632. The third-order valence-corrected chi connectivity index (χ3v) is 5.95. The van der Waals surface area contributed by atoms with Crippen LogP contribution in [-0.4, -0.2) is 41.2 Å². The van der Waals surface area contributed by atoms with Gasteiger partial charge in [-0.25, -0.2) is 13.1 Å². The Bertz CT molecular complexity index is 786. The molecule has 138 valence electrons. The van der Waals surface area contributed by atoms with Gasteiger partial charge in [0.15, 0.2) is 0 Å². The van der Waals surface area contributed by atoms with Crippen LogP contribution in [-0.2, 0) is 10.0 Å². The van der Waals surface area contributed by atoms with E-state index < -0.39 is 10.0 Å². The molecule has 0 bridgehead atoms. The van der Waals surface area contributed by atoms with Crippen molar-refractivity contribution in [2.24, 2.45) is 0 Å². The van der Waals surface area contributed by atoms with E-state index in [0.717, 1.165) is 31.4 Å². The first-order valence-corrected chi connectivity index (χ1v) is 10.5. The van der Waals surface area contributed by atoms with Crippen molar-refractivity contribution in [1.82, 2.24) is 4.72 Å². The van der Waals surface area contributed by atoms with E-state index in [1.165, 1.54) is 4.90 Å². The number of benzene rings is 2. The highest BCUT2D eigenvalue weighted by atomic mass is 32.2. The first kappa shape index (κ1) is 19.7. The fourth-order valence-electron chi connectivity index (χ4n) is 2.99. The minimum absolute atomic E-state index is 0.307. The molecule has 5 nitrogen and oxygen atoms in total. The lowest BCUT2D eigenvalue weighted by molar-refractivity contribution is -0.896. The minimum atomic E-state index is -3.54. The molecule has 2 aromatic rings. The van der Waals surface area contributed by atoms with Crippen molar-refractivity contribution >= 4 is 20.8 Å². The number of nitrogens with one attached hydrogen (secondary N) is 2. The van der Waals surface area contributed by atoms with E-state index in [1.54, 1.807) is 12.1 Å². The van der Waals surface area contributed by atoms with Crippen LogP contribution in [0.1, 0.15) is 27.2 Å². The molecular weight excluding hydrogens is 336 g/mol. The van der Waals surface area contributed by atoms with Crippen LogP contribution >= 0.6 is 0 Å².